The maximum absolute atomic E-state index is 12.8. The molecule has 2 fully saturated rings. The summed E-state index contributed by atoms with van der Waals surface area (Å²) in [5.74, 6) is 0.476. The van der Waals surface area contributed by atoms with Crippen LogP contribution in [-0.2, 0) is 27.2 Å². The molecule has 7 heteroatoms. The van der Waals surface area contributed by atoms with Crippen LogP contribution in [0, 0.1) is 19.8 Å². The Labute approximate surface area is 262 Å². The van der Waals surface area contributed by atoms with Crippen LogP contribution in [0.2, 0.25) is 0 Å². The predicted octanol–water partition coefficient (Wildman–Crippen LogP) is 7.08. The molecule has 2 heterocycles. The third-order valence-corrected chi connectivity index (χ3v) is 8.39. The number of carbonyl (C=O) groups is 2. The van der Waals surface area contributed by atoms with E-state index in [4.69, 9.17) is 0 Å². The zero-order chi connectivity index (χ0) is 32.2. The van der Waals surface area contributed by atoms with Crippen molar-refractivity contribution in [2.45, 2.75) is 85.4 Å². The molecule has 1 saturated carbocycles. The minimum atomic E-state index is -0.685. The maximum atomic E-state index is 12.8. The van der Waals surface area contributed by atoms with Gasteiger partial charge in [-0.2, -0.15) is 0 Å². The molecule has 1 aromatic heterocycles. The van der Waals surface area contributed by atoms with E-state index in [1.807, 2.05) is 32.2 Å². The summed E-state index contributed by atoms with van der Waals surface area (Å²) in [6, 6.07) is 17.8. The molecule has 0 radical (unpaired) electrons. The largest absolute Gasteiger partial charge is 0.469 e. The average Bonchev–Trinajstić information content (AvgIpc) is 3.01. The Morgan fingerprint density at radius 3 is 2.30 bits per heavy atom. The van der Waals surface area contributed by atoms with E-state index in [0.717, 1.165) is 36.9 Å². The van der Waals surface area contributed by atoms with Gasteiger partial charge < -0.3 is 9.30 Å². The molecule has 1 saturated heterocycles. The lowest BCUT2D eigenvalue weighted by Crippen LogP contribution is -2.48. The van der Waals surface area contributed by atoms with Gasteiger partial charge in [0.1, 0.15) is 6.17 Å². The first kappa shape index (κ1) is 34.9. The molecule has 1 aliphatic heterocycles. The molecular weight excluding hydrogens is 555 g/mol. The number of esters is 1. The smallest absolute Gasteiger partial charge is 0.305 e. The van der Waals surface area contributed by atoms with E-state index in [9.17, 15) is 18.8 Å². The summed E-state index contributed by atoms with van der Waals surface area (Å²) >= 11 is 0. The van der Waals surface area contributed by atoms with Gasteiger partial charge >= 0.3 is 5.97 Å². The number of methoxy groups -OCH3 is 1. The summed E-state index contributed by atoms with van der Waals surface area (Å²) in [4.78, 5) is 37.6. The van der Waals surface area contributed by atoms with Crippen molar-refractivity contribution in [1.29, 1.82) is 0 Å². The van der Waals surface area contributed by atoms with Crippen molar-refractivity contribution < 1.29 is 18.7 Å². The Kier molecular flexibility index (Phi) is 13.5. The van der Waals surface area contributed by atoms with Crippen LogP contribution >= 0.6 is 0 Å². The highest BCUT2D eigenvalue weighted by Crippen LogP contribution is 2.29. The van der Waals surface area contributed by atoms with Crippen molar-refractivity contribution in [1.82, 2.24) is 9.47 Å². The number of halogens is 1. The predicted molar refractivity (Wildman–Crippen MR) is 176 cm³/mol. The molecule has 2 aromatic carbocycles. The molecular formula is C37H49FN2O4. The monoisotopic (exact) mass is 604 g/mol. The van der Waals surface area contributed by atoms with Crippen molar-refractivity contribution in [3.8, 4) is 11.1 Å². The first-order chi connectivity index (χ1) is 21.1. The molecule has 5 rings (SSSR count). The summed E-state index contributed by atoms with van der Waals surface area (Å²) < 4.78 is 19.1. The Bertz CT molecular complexity index is 1420. The SMILES string of the molecule is CC.CC1CCC(=O)C(n2cc(CCN3CC(F)C3)ccc2=O)C1.COC(=O)CCc1cccc(-c2c(C)cccc2C)c1. The molecule has 0 bridgehead atoms. The van der Waals surface area contributed by atoms with E-state index in [-0.39, 0.29) is 23.4 Å². The van der Waals surface area contributed by atoms with Crippen molar-refractivity contribution in [3.63, 3.8) is 0 Å². The van der Waals surface area contributed by atoms with E-state index < -0.39 is 6.17 Å². The van der Waals surface area contributed by atoms with Crippen molar-refractivity contribution in [2.24, 2.45) is 5.92 Å². The van der Waals surface area contributed by atoms with E-state index in [1.54, 1.807) is 10.6 Å². The van der Waals surface area contributed by atoms with Gasteiger partial charge in [0.2, 0.25) is 0 Å². The molecule has 2 aliphatic rings. The van der Waals surface area contributed by atoms with Gasteiger partial charge in [-0.3, -0.25) is 19.3 Å². The molecule has 44 heavy (non-hydrogen) atoms. The number of hydrogen-bond donors (Lipinski definition) is 0. The summed E-state index contributed by atoms with van der Waals surface area (Å²) in [6.45, 7) is 12.2. The number of nitrogens with zero attached hydrogens (tertiary/aromatic N) is 2. The number of pyridine rings is 1. The second-order valence-electron chi connectivity index (χ2n) is 11.8. The first-order valence-electron chi connectivity index (χ1n) is 16.0. The van der Waals surface area contributed by atoms with Crippen LogP contribution in [0.5, 0.6) is 0 Å². The van der Waals surface area contributed by atoms with Crippen LogP contribution in [0.25, 0.3) is 11.1 Å². The lowest BCUT2D eigenvalue weighted by Gasteiger charge is -2.34. The van der Waals surface area contributed by atoms with E-state index in [1.165, 1.54) is 29.4 Å². The maximum Gasteiger partial charge on any atom is 0.305 e. The quantitative estimate of drug-likeness (QED) is 0.257. The van der Waals surface area contributed by atoms with Crippen LogP contribution in [0.1, 0.15) is 74.8 Å². The molecule has 0 amide bonds. The third kappa shape index (κ3) is 9.71. The average molecular weight is 605 g/mol. The minimum Gasteiger partial charge on any atom is -0.469 e. The summed E-state index contributed by atoms with van der Waals surface area (Å²) in [5, 5.41) is 0. The number of alkyl halides is 1. The molecule has 2 atom stereocenters. The molecule has 3 aromatic rings. The number of likely N-dealkylation sites (tertiary alicyclic amines) is 1. The highest BCUT2D eigenvalue weighted by molar-refractivity contribution is 5.83. The van der Waals surface area contributed by atoms with Crippen molar-refractivity contribution in [3.05, 3.63) is 93.4 Å². The zero-order valence-electron chi connectivity index (χ0n) is 27.3. The topological polar surface area (TPSA) is 68.6 Å². The van der Waals surface area contributed by atoms with Gasteiger partial charge in [-0.1, -0.05) is 69.3 Å². The van der Waals surface area contributed by atoms with Crippen LogP contribution in [0.3, 0.4) is 0 Å². The fourth-order valence-electron chi connectivity index (χ4n) is 5.87. The van der Waals surface area contributed by atoms with E-state index >= 15 is 0 Å². The highest BCUT2D eigenvalue weighted by Gasteiger charge is 2.29. The Hall–Kier alpha value is -3.58. The fourth-order valence-corrected chi connectivity index (χ4v) is 5.87. The Morgan fingerprint density at radius 2 is 1.64 bits per heavy atom. The van der Waals surface area contributed by atoms with Gasteiger partial charge in [0, 0.05) is 44.7 Å². The van der Waals surface area contributed by atoms with Gasteiger partial charge in [0.15, 0.2) is 5.78 Å². The minimum absolute atomic E-state index is 0.107. The summed E-state index contributed by atoms with van der Waals surface area (Å²) in [7, 11) is 1.43. The zero-order valence-corrected chi connectivity index (χ0v) is 27.3. The normalized spacial score (nSPS) is 18.3. The number of aromatic nitrogens is 1. The van der Waals surface area contributed by atoms with Crippen LogP contribution in [0.4, 0.5) is 4.39 Å². The van der Waals surface area contributed by atoms with Crippen LogP contribution in [-0.4, -0.2) is 54.1 Å². The number of carbonyl (C=O) groups excluding carboxylic acids is 2. The number of aryl methyl sites for hydroxylation is 3. The second kappa shape index (κ2) is 17.0. The number of Topliss-reactive ketones (excluding diaryl/α,β-unsaturated/α-hetero) is 1. The van der Waals surface area contributed by atoms with Gasteiger partial charge in [-0.15, -0.1) is 0 Å². The standard InChI is InChI=1S/C18H20O2.C17H23FN2O2.C2H6/c1-13-6-4-7-14(2)18(13)16-9-5-8-15(12-16)10-11-17(19)20-3;1-12-2-4-16(21)15(8-12)20-9-13(3-5-17(20)22)6-7-19-10-14(18)11-19;1-2/h4-9,12H,10-11H2,1-3H3;3,5,9,12,14-15H,2,4,6-8,10-11H2,1H3;1-2H3. The van der Waals surface area contributed by atoms with Crippen molar-refractivity contribution >= 4 is 11.8 Å². The third-order valence-electron chi connectivity index (χ3n) is 8.39. The first-order valence-corrected chi connectivity index (χ1v) is 16.0. The number of ketones is 1. The van der Waals surface area contributed by atoms with Gasteiger partial charge in [0.05, 0.1) is 13.2 Å². The van der Waals surface area contributed by atoms with Gasteiger partial charge in [0.25, 0.3) is 5.56 Å². The molecule has 238 valence electrons. The fraction of sp³-hybridized carbons (Fsp3) is 0.486. The Morgan fingerprint density at radius 1 is 0.955 bits per heavy atom. The molecule has 1 aliphatic carbocycles. The van der Waals surface area contributed by atoms with Crippen LogP contribution in [0.15, 0.2) is 65.6 Å². The number of benzene rings is 2. The summed E-state index contributed by atoms with van der Waals surface area (Å²) in [5.41, 5.74) is 7.13. The second-order valence-corrected chi connectivity index (χ2v) is 11.8. The van der Waals surface area contributed by atoms with Crippen LogP contribution < -0.4 is 5.56 Å². The van der Waals surface area contributed by atoms with Gasteiger partial charge in [-0.05, 0) is 78.8 Å². The molecule has 2 unspecified atom stereocenters. The van der Waals surface area contributed by atoms with E-state index in [2.05, 4.69) is 66.8 Å². The number of ether oxygens (including phenoxy) is 1. The molecule has 0 N–H and O–H groups in total. The van der Waals surface area contributed by atoms with Crippen molar-refractivity contribution in [2.75, 3.05) is 26.7 Å². The number of hydrogen-bond acceptors (Lipinski definition) is 5. The van der Waals surface area contributed by atoms with Gasteiger partial charge in [-0.25, -0.2) is 4.39 Å². The Balaban J connectivity index is 0.000000229. The lowest BCUT2D eigenvalue weighted by atomic mass is 9.86. The van der Waals surface area contributed by atoms with E-state index in [0.29, 0.717) is 38.3 Å². The lowest BCUT2D eigenvalue weighted by molar-refractivity contribution is -0.140. The summed E-state index contributed by atoms with van der Waals surface area (Å²) in [6.07, 6.45) is 5.29. The molecule has 0 spiro atoms. The molecule has 6 nitrogen and oxygen atoms in total. The number of rotatable bonds is 8. The highest BCUT2D eigenvalue weighted by atomic mass is 19.1.